The molecule has 4 rings (SSSR count). The van der Waals surface area contributed by atoms with Crippen LogP contribution in [0.2, 0.25) is 0 Å². The monoisotopic (exact) mass is 432 g/mol. The number of thiazole rings is 1. The summed E-state index contributed by atoms with van der Waals surface area (Å²) in [5, 5.41) is 10.3. The van der Waals surface area contributed by atoms with E-state index in [2.05, 4.69) is 29.4 Å². The standard InChI is InChI=1S/C24H24N4O2S/c1-16-22(12-18-8-5-4-6-9-18)17(2)28(27-16)24-26-20(15-31-24)14-23(29)25-19-10-7-11-21(13-19)30-3/h4-11,13,15H,12,14H2,1-3H3,(H,25,29). The van der Waals surface area contributed by atoms with Crippen LogP contribution < -0.4 is 10.1 Å². The van der Waals surface area contributed by atoms with Gasteiger partial charge in [0, 0.05) is 34.8 Å². The number of benzene rings is 2. The summed E-state index contributed by atoms with van der Waals surface area (Å²) in [5.41, 5.74) is 5.94. The van der Waals surface area contributed by atoms with Crippen LogP contribution >= 0.6 is 11.3 Å². The molecule has 1 N–H and O–H groups in total. The van der Waals surface area contributed by atoms with Crippen LogP contribution in [0.25, 0.3) is 5.13 Å². The van der Waals surface area contributed by atoms with Crippen LogP contribution in [0.3, 0.4) is 0 Å². The van der Waals surface area contributed by atoms with Gasteiger partial charge in [0.05, 0.1) is 24.9 Å². The van der Waals surface area contributed by atoms with E-state index in [4.69, 9.17) is 9.84 Å². The molecule has 0 bridgehead atoms. The minimum Gasteiger partial charge on any atom is -0.497 e. The normalized spacial score (nSPS) is 10.8. The fraction of sp³-hybridized carbons (Fsp3) is 0.208. The van der Waals surface area contributed by atoms with Gasteiger partial charge in [-0.2, -0.15) is 5.10 Å². The quantitative estimate of drug-likeness (QED) is 0.459. The largest absolute Gasteiger partial charge is 0.497 e. The summed E-state index contributed by atoms with van der Waals surface area (Å²) in [6, 6.07) is 17.7. The van der Waals surface area contributed by atoms with Crippen molar-refractivity contribution in [3.63, 3.8) is 0 Å². The molecule has 0 saturated carbocycles. The number of ether oxygens (including phenoxy) is 1. The number of hydrogen-bond acceptors (Lipinski definition) is 5. The Bertz CT molecular complexity index is 1200. The molecule has 0 radical (unpaired) electrons. The molecule has 6 nitrogen and oxygen atoms in total. The third-order valence-corrected chi connectivity index (χ3v) is 5.95. The molecule has 0 aliphatic heterocycles. The van der Waals surface area contributed by atoms with E-state index in [-0.39, 0.29) is 12.3 Å². The highest BCUT2D eigenvalue weighted by Crippen LogP contribution is 2.23. The summed E-state index contributed by atoms with van der Waals surface area (Å²) in [5.74, 6) is 0.577. The van der Waals surface area contributed by atoms with E-state index in [1.165, 1.54) is 22.5 Å². The first-order valence-electron chi connectivity index (χ1n) is 10.0. The molecule has 0 atom stereocenters. The highest BCUT2D eigenvalue weighted by molar-refractivity contribution is 7.12. The Morgan fingerprint density at radius 3 is 2.71 bits per heavy atom. The lowest BCUT2D eigenvalue weighted by molar-refractivity contribution is -0.115. The molecule has 0 fully saturated rings. The molecule has 31 heavy (non-hydrogen) atoms. The zero-order valence-electron chi connectivity index (χ0n) is 17.8. The van der Waals surface area contributed by atoms with Gasteiger partial charge in [0.25, 0.3) is 0 Å². The number of carbonyl (C=O) groups is 1. The number of amides is 1. The molecule has 158 valence electrons. The molecule has 7 heteroatoms. The average Bonchev–Trinajstić information content (AvgIpc) is 3.34. The molecule has 0 aliphatic carbocycles. The Kier molecular flexibility index (Phi) is 6.13. The number of aromatic nitrogens is 3. The maximum Gasteiger partial charge on any atom is 0.230 e. The maximum absolute atomic E-state index is 12.4. The second-order valence-corrected chi connectivity index (χ2v) is 8.14. The first-order valence-corrected chi connectivity index (χ1v) is 10.9. The Labute approximate surface area is 185 Å². The van der Waals surface area contributed by atoms with Gasteiger partial charge in [-0.25, -0.2) is 9.67 Å². The lowest BCUT2D eigenvalue weighted by atomic mass is 10.0. The summed E-state index contributed by atoms with van der Waals surface area (Å²) in [4.78, 5) is 17.1. The van der Waals surface area contributed by atoms with Crippen LogP contribution in [0.5, 0.6) is 5.75 Å². The van der Waals surface area contributed by atoms with E-state index in [0.717, 1.165) is 28.6 Å². The van der Waals surface area contributed by atoms with Crippen molar-refractivity contribution in [1.82, 2.24) is 14.8 Å². The minimum absolute atomic E-state index is 0.122. The molecule has 0 unspecified atom stereocenters. The van der Waals surface area contributed by atoms with Crippen molar-refractivity contribution in [3.05, 3.63) is 88.2 Å². The number of rotatable bonds is 7. The van der Waals surface area contributed by atoms with Crippen molar-refractivity contribution < 1.29 is 9.53 Å². The highest BCUT2D eigenvalue weighted by atomic mass is 32.1. The van der Waals surface area contributed by atoms with Crippen LogP contribution in [-0.4, -0.2) is 27.8 Å². The Morgan fingerprint density at radius 2 is 1.94 bits per heavy atom. The molecule has 2 aromatic heterocycles. The van der Waals surface area contributed by atoms with E-state index >= 15 is 0 Å². The Hall–Kier alpha value is -3.45. The maximum atomic E-state index is 12.4. The molecule has 2 aromatic carbocycles. The molecule has 0 saturated heterocycles. The van der Waals surface area contributed by atoms with E-state index in [1.807, 2.05) is 53.4 Å². The number of aryl methyl sites for hydroxylation is 1. The average molecular weight is 433 g/mol. The predicted molar refractivity (Wildman–Crippen MR) is 123 cm³/mol. The predicted octanol–water partition coefficient (Wildman–Crippen LogP) is 4.73. The van der Waals surface area contributed by atoms with E-state index in [0.29, 0.717) is 11.4 Å². The number of nitrogens with one attached hydrogen (secondary N) is 1. The van der Waals surface area contributed by atoms with Gasteiger partial charge < -0.3 is 10.1 Å². The molecule has 0 aliphatic rings. The van der Waals surface area contributed by atoms with Gasteiger partial charge in [-0.15, -0.1) is 11.3 Å². The van der Waals surface area contributed by atoms with Crippen molar-refractivity contribution in [1.29, 1.82) is 0 Å². The third kappa shape index (κ3) is 4.83. The Morgan fingerprint density at radius 1 is 1.13 bits per heavy atom. The van der Waals surface area contributed by atoms with Crippen LogP contribution in [0.1, 0.15) is 28.2 Å². The van der Waals surface area contributed by atoms with E-state index in [9.17, 15) is 4.79 Å². The number of hydrogen-bond donors (Lipinski definition) is 1. The van der Waals surface area contributed by atoms with Crippen molar-refractivity contribution in [2.75, 3.05) is 12.4 Å². The number of methoxy groups -OCH3 is 1. The summed E-state index contributed by atoms with van der Waals surface area (Å²) in [7, 11) is 1.60. The number of carbonyl (C=O) groups excluding carboxylic acids is 1. The second kappa shape index (κ2) is 9.14. The lowest BCUT2D eigenvalue weighted by Crippen LogP contribution is -2.14. The molecule has 0 spiro atoms. The van der Waals surface area contributed by atoms with Crippen LogP contribution in [-0.2, 0) is 17.6 Å². The van der Waals surface area contributed by atoms with Crippen LogP contribution in [0.4, 0.5) is 5.69 Å². The van der Waals surface area contributed by atoms with E-state index in [1.54, 1.807) is 13.2 Å². The highest BCUT2D eigenvalue weighted by Gasteiger charge is 2.16. The van der Waals surface area contributed by atoms with Crippen molar-refractivity contribution >= 4 is 22.9 Å². The van der Waals surface area contributed by atoms with Gasteiger partial charge in [0.15, 0.2) is 0 Å². The third-order valence-electron chi connectivity index (χ3n) is 5.08. The van der Waals surface area contributed by atoms with Gasteiger partial charge in [-0.1, -0.05) is 36.4 Å². The number of anilines is 1. The fourth-order valence-electron chi connectivity index (χ4n) is 3.46. The topological polar surface area (TPSA) is 69.0 Å². The first-order chi connectivity index (χ1) is 15.0. The van der Waals surface area contributed by atoms with Crippen molar-refractivity contribution in [2.45, 2.75) is 26.7 Å². The molecular formula is C24H24N4O2S. The molecule has 2 heterocycles. The van der Waals surface area contributed by atoms with Gasteiger partial charge in [-0.05, 0) is 31.5 Å². The van der Waals surface area contributed by atoms with Gasteiger partial charge in [-0.3, -0.25) is 4.79 Å². The summed E-state index contributed by atoms with van der Waals surface area (Å²) < 4.78 is 7.07. The Balaban J connectivity index is 1.47. The smallest absolute Gasteiger partial charge is 0.230 e. The van der Waals surface area contributed by atoms with Crippen molar-refractivity contribution in [3.8, 4) is 10.9 Å². The SMILES string of the molecule is COc1cccc(NC(=O)Cc2csc(-n3nc(C)c(Cc4ccccc4)c3C)n2)c1. The molecule has 4 aromatic rings. The van der Waals surface area contributed by atoms with Crippen LogP contribution in [0, 0.1) is 13.8 Å². The molecular weight excluding hydrogens is 408 g/mol. The minimum atomic E-state index is -0.122. The van der Waals surface area contributed by atoms with Crippen LogP contribution in [0.15, 0.2) is 60.0 Å². The fourth-order valence-corrected chi connectivity index (χ4v) is 4.29. The van der Waals surface area contributed by atoms with Crippen molar-refractivity contribution in [2.24, 2.45) is 0 Å². The first kappa shape index (κ1) is 20.8. The number of nitrogens with zero attached hydrogens (tertiary/aromatic N) is 3. The zero-order valence-corrected chi connectivity index (χ0v) is 18.6. The van der Waals surface area contributed by atoms with Gasteiger partial charge >= 0.3 is 0 Å². The zero-order chi connectivity index (χ0) is 21.8. The summed E-state index contributed by atoms with van der Waals surface area (Å²) in [6.07, 6.45) is 1.03. The summed E-state index contributed by atoms with van der Waals surface area (Å²) >= 11 is 1.49. The van der Waals surface area contributed by atoms with Gasteiger partial charge in [0.1, 0.15) is 5.75 Å². The van der Waals surface area contributed by atoms with Gasteiger partial charge in [0.2, 0.25) is 11.0 Å². The van der Waals surface area contributed by atoms with E-state index < -0.39 is 0 Å². The lowest BCUT2D eigenvalue weighted by Gasteiger charge is -2.06. The second-order valence-electron chi connectivity index (χ2n) is 7.30. The molecule has 1 amide bonds. The summed E-state index contributed by atoms with van der Waals surface area (Å²) in [6.45, 7) is 4.09.